The first-order valence-electron chi connectivity index (χ1n) is 11.0. The van der Waals surface area contributed by atoms with Crippen molar-refractivity contribution in [2.45, 2.75) is 31.5 Å². The van der Waals surface area contributed by atoms with Gasteiger partial charge in [-0.25, -0.2) is 18.4 Å². The van der Waals surface area contributed by atoms with Crippen LogP contribution in [0.25, 0.3) is 11.4 Å². The van der Waals surface area contributed by atoms with Crippen molar-refractivity contribution in [3.05, 3.63) is 95.3 Å². The average molecular weight is 509 g/mol. The summed E-state index contributed by atoms with van der Waals surface area (Å²) in [4.78, 5) is 13.1. The largest absolute Gasteiger partial charge is 0.488 e. The van der Waals surface area contributed by atoms with Crippen LogP contribution in [0, 0.1) is 0 Å². The molecule has 0 fully saturated rings. The molecule has 0 spiro atoms. The Kier molecular flexibility index (Phi) is 7.63. The van der Waals surface area contributed by atoms with Crippen molar-refractivity contribution in [2.24, 2.45) is 0 Å². The molecule has 0 radical (unpaired) electrons. The molecule has 4 rings (SSSR count). The Morgan fingerprint density at radius 2 is 1.71 bits per heavy atom. The van der Waals surface area contributed by atoms with Gasteiger partial charge >= 0.3 is 0 Å². The molecule has 0 aliphatic carbocycles. The first-order valence-corrected chi connectivity index (χ1v) is 13.1. The Morgan fingerprint density at radius 1 is 0.943 bits per heavy atom. The molecule has 4 aromatic rings. The molecule has 7 nitrogen and oxygen atoms in total. The summed E-state index contributed by atoms with van der Waals surface area (Å²) < 4.78 is 30.6. The average Bonchev–Trinajstić information content (AvgIpc) is 2.83. The molecule has 3 aromatic carbocycles. The highest BCUT2D eigenvalue weighted by molar-refractivity contribution is 7.91. The lowest BCUT2D eigenvalue weighted by Crippen LogP contribution is -2.16. The summed E-state index contributed by atoms with van der Waals surface area (Å²) in [5, 5.41) is 3.35. The highest BCUT2D eigenvalue weighted by Crippen LogP contribution is 2.29. The fourth-order valence-electron chi connectivity index (χ4n) is 3.32. The first-order chi connectivity index (χ1) is 16.8. The molecule has 0 saturated heterocycles. The van der Waals surface area contributed by atoms with Gasteiger partial charge in [0.1, 0.15) is 18.7 Å². The number of hydrogen-bond acceptors (Lipinski definition) is 7. The van der Waals surface area contributed by atoms with Crippen LogP contribution in [-0.4, -0.2) is 28.6 Å². The third-order valence-electron chi connectivity index (χ3n) is 5.25. The zero-order valence-corrected chi connectivity index (χ0v) is 20.9. The highest BCUT2D eigenvalue weighted by Gasteiger charge is 2.17. The van der Waals surface area contributed by atoms with Crippen molar-refractivity contribution < 1.29 is 13.2 Å². The van der Waals surface area contributed by atoms with E-state index in [-0.39, 0.29) is 5.75 Å². The van der Waals surface area contributed by atoms with Crippen molar-refractivity contribution in [1.82, 2.24) is 15.0 Å². The van der Waals surface area contributed by atoms with E-state index in [0.29, 0.717) is 40.4 Å². The number of ether oxygens (including phenoxy) is 1. The van der Waals surface area contributed by atoms with Gasteiger partial charge in [-0.3, -0.25) is 0 Å². The first kappa shape index (κ1) is 24.6. The van der Waals surface area contributed by atoms with Gasteiger partial charge in [0.2, 0.25) is 5.95 Å². The van der Waals surface area contributed by atoms with E-state index in [1.165, 1.54) is 6.33 Å². The minimum Gasteiger partial charge on any atom is -0.488 e. The van der Waals surface area contributed by atoms with E-state index in [2.05, 4.69) is 20.3 Å². The van der Waals surface area contributed by atoms with E-state index >= 15 is 0 Å². The summed E-state index contributed by atoms with van der Waals surface area (Å²) in [6.45, 7) is 3.71. The normalized spacial score (nSPS) is 11.4. The lowest BCUT2D eigenvalue weighted by molar-refractivity contribution is 0.307. The van der Waals surface area contributed by atoms with Crippen LogP contribution in [0.2, 0.25) is 5.02 Å². The standard InChI is InChI=1S/C26H25ClN4O3S/c1-18(2)35(32,33)16-20-8-6-10-22(14-20)30-26-29-17-28-25(31-26)23-11-3-4-12-24(23)34-15-19-7-5-9-21(27)13-19/h3-14,17-18H,15-16H2,1-2H3,(H,28,29,30,31). The third-order valence-corrected chi connectivity index (χ3v) is 7.66. The van der Waals surface area contributed by atoms with E-state index < -0.39 is 15.1 Å². The summed E-state index contributed by atoms with van der Waals surface area (Å²) in [5.41, 5.74) is 3.04. The van der Waals surface area contributed by atoms with Crippen molar-refractivity contribution in [3.8, 4) is 17.1 Å². The predicted molar refractivity (Wildman–Crippen MR) is 139 cm³/mol. The van der Waals surface area contributed by atoms with Crippen LogP contribution in [0.5, 0.6) is 5.75 Å². The lowest BCUT2D eigenvalue weighted by Gasteiger charge is -2.12. The van der Waals surface area contributed by atoms with Crippen LogP contribution in [0.3, 0.4) is 0 Å². The fraction of sp³-hybridized carbons (Fsp3) is 0.192. The number of nitrogens with zero attached hydrogens (tertiary/aromatic N) is 3. The topological polar surface area (TPSA) is 94.1 Å². The molecule has 0 aliphatic heterocycles. The number of para-hydroxylation sites is 1. The number of benzene rings is 3. The Labute approximate surface area is 210 Å². The summed E-state index contributed by atoms with van der Waals surface area (Å²) in [5.74, 6) is 1.39. The van der Waals surface area contributed by atoms with Crippen molar-refractivity contribution in [2.75, 3.05) is 5.32 Å². The van der Waals surface area contributed by atoms with Crippen molar-refractivity contribution in [3.63, 3.8) is 0 Å². The van der Waals surface area contributed by atoms with Crippen LogP contribution < -0.4 is 10.1 Å². The Bertz CT molecular complexity index is 1430. The van der Waals surface area contributed by atoms with E-state index in [0.717, 1.165) is 11.1 Å². The van der Waals surface area contributed by atoms with Gasteiger partial charge in [-0.1, -0.05) is 48.0 Å². The minimum absolute atomic E-state index is 0.0278. The van der Waals surface area contributed by atoms with Crippen LogP contribution in [-0.2, 0) is 22.2 Å². The zero-order valence-electron chi connectivity index (χ0n) is 19.3. The van der Waals surface area contributed by atoms with Gasteiger partial charge in [-0.05, 0) is 61.4 Å². The monoisotopic (exact) mass is 508 g/mol. The third kappa shape index (κ3) is 6.55. The molecule has 1 heterocycles. The predicted octanol–water partition coefficient (Wildman–Crippen LogP) is 5.84. The number of rotatable bonds is 9. The molecular formula is C26H25ClN4O3S. The second kappa shape index (κ2) is 10.8. The molecule has 0 unspecified atom stereocenters. The summed E-state index contributed by atoms with van der Waals surface area (Å²) in [6, 6.07) is 22.2. The van der Waals surface area contributed by atoms with Gasteiger partial charge in [0.05, 0.1) is 16.6 Å². The smallest absolute Gasteiger partial charge is 0.230 e. The second-order valence-corrected chi connectivity index (χ2v) is 11.2. The number of sulfone groups is 1. The molecule has 35 heavy (non-hydrogen) atoms. The lowest BCUT2D eigenvalue weighted by atomic mass is 10.2. The van der Waals surface area contributed by atoms with Crippen molar-refractivity contribution >= 4 is 33.1 Å². The molecule has 180 valence electrons. The number of anilines is 2. The quantitative estimate of drug-likeness (QED) is 0.303. The molecule has 0 saturated carbocycles. The van der Waals surface area contributed by atoms with Gasteiger partial charge < -0.3 is 10.1 Å². The van der Waals surface area contributed by atoms with Gasteiger partial charge in [-0.2, -0.15) is 4.98 Å². The molecule has 0 aliphatic rings. The van der Waals surface area contributed by atoms with Gasteiger partial charge in [0.15, 0.2) is 15.7 Å². The van der Waals surface area contributed by atoms with Crippen LogP contribution >= 0.6 is 11.6 Å². The molecule has 0 amide bonds. The van der Waals surface area contributed by atoms with E-state index in [9.17, 15) is 8.42 Å². The number of halogens is 1. The Morgan fingerprint density at radius 3 is 2.51 bits per heavy atom. The summed E-state index contributed by atoms with van der Waals surface area (Å²) in [6.07, 6.45) is 1.42. The summed E-state index contributed by atoms with van der Waals surface area (Å²) in [7, 11) is -3.21. The Hall–Kier alpha value is -3.49. The van der Waals surface area contributed by atoms with Crippen LogP contribution in [0.1, 0.15) is 25.0 Å². The molecule has 9 heteroatoms. The molecule has 0 atom stereocenters. The maximum Gasteiger partial charge on any atom is 0.230 e. The highest BCUT2D eigenvalue weighted by atomic mass is 35.5. The number of aromatic nitrogens is 3. The van der Waals surface area contributed by atoms with Gasteiger partial charge in [0.25, 0.3) is 0 Å². The summed E-state index contributed by atoms with van der Waals surface area (Å²) >= 11 is 6.07. The van der Waals surface area contributed by atoms with Crippen LogP contribution in [0.4, 0.5) is 11.6 Å². The molecule has 0 bridgehead atoms. The zero-order chi connectivity index (χ0) is 24.8. The SMILES string of the molecule is CC(C)S(=O)(=O)Cc1cccc(Nc2ncnc(-c3ccccc3OCc3cccc(Cl)c3)n2)c1. The second-order valence-electron chi connectivity index (χ2n) is 8.23. The minimum atomic E-state index is -3.21. The van der Waals surface area contributed by atoms with E-state index in [1.807, 2.05) is 54.6 Å². The fourth-order valence-corrected chi connectivity index (χ4v) is 4.51. The molecular weight excluding hydrogens is 484 g/mol. The van der Waals surface area contributed by atoms with Crippen molar-refractivity contribution in [1.29, 1.82) is 0 Å². The van der Waals surface area contributed by atoms with Crippen LogP contribution in [0.15, 0.2) is 79.1 Å². The van der Waals surface area contributed by atoms with E-state index in [4.69, 9.17) is 16.3 Å². The van der Waals surface area contributed by atoms with Gasteiger partial charge in [-0.15, -0.1) is 0 Å². The molecule has 1 aromatic heterocycles. The van der Waals surface area contributed by atoms with E-state index in [1.54, 1.807) is 32.0 Å². The number of hydrogen-bond donors (Lipinski definition) is 1. The Balaban J connectivity index is 1.53. The molecule has 1 N–H and O–H groups in total. The maximum atomic E-state index is 12.3. The van der Waals surface area contributed by atoms with Gasteiger partial charge in [0, 0.05) is 10.7 Å². The number of nitrogens with one attached hydrogen (secondary N) is 1. The maximum absolute atomic E-state index is 12.3.